The van der Waals surface area contributed by atoms with Gasteiger partial charge in [-0.25, -0.2) is 14.4 Å². The van der Waals surface area contributed by atoms with Gasteiger partial charge in [0.1, 0.15) is 18.4 Å². The van der Waals surface area contributed by atoms with Gasteiger partial charge in [0.25, 0.3) is 5.69 Å². The van der Waals surface area contributed by atoms with Gasteiger partial charge in [0.15, 0.2) is 18.4 Å². The first-order chi connectivity index (χ1) is 26.8. The Morgan fingerprint density at radius 3 is 1.80 bits per heavy atom. The van der Waals surface area contributed by atoms with Gasteiger partial charge in [-0.15, -0.1) is 0 Å². The molecule has 17 heteroatoms. The van der Waals surface area contributed by atoms with Crippen LogP contribution < -0.4 is 4.90 Å². The van der Waals surface area contributed by atoms with Gasteiger partial charge in [-0.2, -0.15) is 13.2 Å². The van der Waals surface area contributed by atoms with Crippen LogP contribution in [0.5, 0.6) is 0 Å². The van der Waals surface area contributed by atoms with Crippen molar-refractivity contribution in [1.29, 1.82) is 0 Å². The standard InChI is InChI=1S/C39H25Br2F3N2O9S/c40-25-16-17-26(41)34-30(25)45(31-27(46(50)51)18-24(39(42,43)44)19-29(31)56-34)35-33(55-38(49)23-14-8-3-9-15-23)32(54-37(48)22-12-6-2-7-13-22)28(53-35)20-52-36(47)21-10-4-1-5-11-21/h1-19,28,32-33,35H,20H2/t28-,32-,33-,35-/m1/s1. The highest BCUT2D eigenvalue weighted by atomic mass is 79.9. The van der Waals surface area contributed by atoms with Crippen molar-refractivity contribution in [2.24, 2.45) is 0 Å². The van der Waals surface area contributed by atoms with E-state index in [1.807, 2.05) is 0 Å². The lowest BCUT2D eigenvalue weighted by Crippen LogP contribution is -2.47. The molecule has 0 spiro atoms. The molecule has 0 N–H and O–H groups in total. The number of rotatable bonds is 9. The van der Waals surface area contributed by atoms with E-state index in [4.69, 9.17) is 18.9 Å². The van der Waals surface area contributed by atoms with Crippen molar-refractivity contribution in [2.45, 2.75) is 40.5 Å². The Labute approximate surface area is 337 Å². The molecule has 11 nitrogen and oxygen atoms in total. The number of anilines is 2. The Morgan fingerprint density at radius 2 is 1.27 bits per heavy atom. The Morgan fingerprint density at radius 1 is 0.750 bits per heavy atom. The van der Waals surface area contributed by atoms with Crippen LogP contribution in [0.3, 0.4) is 0 Å². The van der Waals surface area contributed by atoms with Crippen LogP contribution in [0.4, 0.5) is 30.2 Å². The zero-order chi connectivity index (χ0) is 39.7. The van der Waals surface area contributed by atoms with Crippen LogP contribution in [0.25, 0.3) is 0 Å². The van der Waals surface area contributed by atoms with E-state index in [2.05, 4.69) is 31.9 Å². The number of hydrogen-bond donors (Lipinski definition) is 0. The van der Waals surface area contributed by atoms with Crippen molar-refractivity contribution in [2.75, 3.05) is 11.5 Å². The molecule has 0 aromatic heterocycles. The van der Waals surface area contributed by atoms with Gasteiger partial charge < -0.3 is 23.8 Å². The third-order valence-electron chi connectivity index (χ3n) is 8.74. The second-order valence-corrected chi connectivity index (χ2v) is 15.0. The fourth-order valence-corrected chi connectivity index (χ4v) is 8.59. The maximum Gasteiger partial charge on any atom is 0.416 e. The number of fused-ring (bicyclic) bond motifs is 2. The van der Waals surface area contributed by atoms with Gasteiger partial charge in [-0.05, 0) is 86.5 Å². The van der Waals surface area contributed by atoms with E-state index in [0.717, 1.165) is 17.8 Å². The highest BCUT2D eigenvalue weighted by Crippen LogP contribution is 2.59. The third-order valence-corrected chi connectivity index (χ3v) is 11.5. The number of carbonyl (C=O) groups is 3. The number of carbonyl (C=O) groups excluding carboxylic acids is 3. The van der Waals surface area contributed by atoms with Gasteiger partial charge in [-0.3, -0.25) is 10.1 Å². The van der Waals surface area contributed by atoms with Crippen molar-refractivity contribution >= 4 is 78.6 Å². The minimum atomic E-state index is -4.96. The molecule has 2 aliphatic heterocycles. The summed E-state index contributed by atoms with van der Waals surface area (Å²) in [5, 5.41) is 12.7. The smallest absolute Gasteiger partial charge is 0.416 e. The number of alkyl halides is 3. The normalized spacial score (nSPS) is 18.7. The van der Waals surface area contributed by atoms with Crippen molar-refractivity contribution in [3.8, 4) is 0 Å². The Kier molecular flexibility index (Phi) is 11.2. The van der Waals surface area contributed by atoms with E-state index in [9.17, 15) is 37.7 Å². The van der Waals surface area contributed by atoms with Crippen LogP contribution in [0.2, 0.25) is 0 Å². The number of nitrogens with zero attached hydrogens (tertiary/aromatic N) is 2. The Hall–Kier alpha value is -5.23. The molecule has 2 heterocycles. The maximum atomic E-state index is 14.2. The van der Waals surface area contributed by atoms with Crippen LogP contribution in [0.1, 0.15) is 36.6 Å². The largest absolute Gasteiger partial charge is 0.459 e. The number of ether oxygens (including phenoxy) is 4. The molecular formula is C39H25Br2F3N2O9S. The van der Waals surface area contributed by atoms with E-state index >= 15 is 0 Å². The first kappa shape index (κ1) is 39.0. The zero-order valence-corrected chi connectivity index (χ0v) is 32.3. The van der Waals surface area contributed by atoms with Gasteiger partial charge in [0.05, 0.1) is 37.8 Å². The number of nitro groups is 1. The SMILES string of the molecule is O=C(OC[C@H]1O[C@@H](N2c3c(cc(C(F)(F)F)cc3[N+](=O)[O-])Sc3c(Br)ccc(Br)c32)[C@H](OC(=O)c2ccccc2)[C@@H]1OC(=O)c1ccccc1)c1ccccc1. The number of benzene rings is 5. The third kappa shape index (κ3) is 7.89. The molecule has 1 saturated heterocycles. The predicted octanol–water partition coefficient (Wildman–Crippen LogP) is 9.77. The van der Waals surface area contributed by atoms with Crippen molar-refractivity contribution < 1.29 is 51.4 Å². The molecule has 5 aromatic rings. The molecule has 286 valence electrons. The molecule has 5 aromatic carbocycles. The van der Waals surface area contributed by atoms with Crippen LogP contribution in [0.15, 0.2) is 134 Å². The molecule has 56 heavy (non-hydrogen) atoms. The van der Waals surface area contributed by atoms with E-state index in [1.165, 1.54) is 41.3 Å². The second kappa shape index (κ2) is 16.1. The molecular weight excluding hydrogens is 889 g/mol. The number of nitro benzene ring substituents is 1. The lowest BCUT2D eigenvalue weighted by Gasteiger charge is -2.39. The molecule has 0 radical (unpaired) electrons. The number of hydrogen-bond acceptors (Lipinski definition) is 11. The molecule has 0 saturated carbocycles. The predicted molar refractivity (Wildman–Crippen MR) is 203 cm³/mol. The summed E-state index contributed by atoms with van der Waals surface area (Å²) in [6, 6.07) is 28.0. The summed E-state index contributed by atoms with van der Waals surface area (Å²) < 4.78 is 67.7. The lowest BCUT2D eigenvalue weighted by molar-refractivity contribution is -0.384. The highest BCUT2D eigenvalue weighted by molar-refractivity contribution is 9.11. The summed E-state index contributed by atoms with van der Waals surface area (Å²) in [6.45, 7) is -0.576. The van der Waals surface area contributed by atoms with E-state index in [-0.39, 0.29) is 33.0 Å². The number of esters is 3. The minimum absolute atomic E-state index is 0.0815. The van der Waals surface area contributed by atoms with Gasteiger partial charge in [-0.1, -0.05) is 66.4 Å². The number of halogens is 5. The van der Waals surface area contributed by atoms with Gasteiger partial charge >= 0.3 is 24.1 Å². The summed E-state index contributed by atoms with van der Waals surface area (Å²) in [6.07, 6.45) is -11.2. The average Bonchev–Trinajstić information content (AvgIpc) is 3.52. The van der Waals surface area contributed by atoms with Crippen LogP contribution in [-0.2, 0) is 25.1 Å². The molecule has 0 bridgehead atoms. The molecule has 0 unspecified atom stereocenters. The summed E-state index contributed by atoms with van der Waals surface area (Å²) in [5.41, 5.74) is -1.96. The van der Waals surface area contributed by atoms with E-state index < -0.39 is 71.4 Å². The Bertz CT molecular complexity index is 2320. The topological polar surface area (TPSA) is 135 Å². The first-order valence-corrected chi connectivity index (χ1v) is 19.0. The quantitative estimate of drug-likeness (QED) is 0.0606. The van der Waals surface area contributed by atoms with Gasteiger partial charge in [0.2, 0.25) is 0 Å². The summed E-state index contributed by atoms with van der Waals surface area (Å²) >= 11 is 7.81. The van der Waals surface area contributed by atoms with E-state index in [1.54, 1.807) is 66.7 Å². The lowest BCUT2D eigenvalue weighted by atomic mass is 10.1. The van der Waals surface area contributed by atoms with Crippen molar-refractivity contribution in [3.63, 3.8) is 0 Å². The zero-order valence-electron chi connectivity index (χ0n) is 28.4. The first-order valence-electron chi connectivity index (χ1n) is 16.6. The maximum absolute atomic E-state index is 14.2. The Balaban J connectivity index is 1.41. The second-order valence-electron chi connectivity index (χ2n) is 12.3. The molecule has 4 atom stereocenters. The summed E-state index contributed by atoms with van der Waals surface area (Å²) in [4.78, 5) is 53.9. The van der Waals surface area contributed by atoms with E-state index in [0.29, 0.717) is 19.9 Å². The van der Waals surface area contributed by atoms with Crippen LogP contribution in [0, 0.1) is 10.1 Å². The monoisotopic (exact) mass is 912 g/mol. The summed E-state index contributed by atoms with van der Waals surface area (Å²) in [5.74, 6) is -2.55. The molecule has 0 amide bonds. The highest BCUT2D eigenvalue weighted by Gasteiger charge is 2.55. The fourth-order valence-electron chi connectivity index (χ4n) is 6.20. The van der Waals surface area contributed by atoms with Crippen LogP contribution >= 0.6 is 43.6 Å². The molecule has 1 fully saturated rings. The van der Waals surface area contributed by atoms with Crippen molar-refractivity contribution in [3.05, 3.63) is 157 Å². The molecule has 2 aliphatic rings. The minimum Gasteiger partial charge on any atom is -0.459 e. The fraction of sp³-hybridized carbons (Fsp3) is 0.154. The molecule has 0 aliphatic carbocycles. The molecule has 7 rings (SSSR count). The van der Waals surface area contributed by atoms with Gasteiger partial charge in [0, 0.05) is 19.9 Å². The summed E-state index contributed by atoms with van der Waals surface area (Å²) in [7, 11) is 0. The van der Waals surface area contributed by atoms with Crippen molar-refractivity contribution in [1.82, 2.24) is 0 Å². The average molecular weight is 915 g/mol. The van der Waals surface area contributed by atoms with Crippen LogP contribution in [-0.4, -0.2) is 54.0 Å².